The highest BCUT2D eigenvalue weighted by molar-refractivity contribution is 6.40. The van der Waals surface area contributed by atoms with Crippen molar-refractivity contribution < 1.29 is 14.3 Å². The molecule has 1 aromatic carbocycles. The van der Waals surface area contributed by atoms with E-state index in [0.717, 1.165) is 57.2 Å². The number of ether oxygens (including phenoxy) is 1. The Morgan fingerprint density at radius 3 is 2.63 bits per heavy atom. The Hall–Kier alpha value is -3.66. The van der Waals surface area contributed by atoms with Crippen LogP contribution in [0.4, 0.5) is 17.2 Å². The summed E-state index contributed by atoms with van der Waals surface area (Å²) < 4.78 is 7.68. The molecule has 10 nitrogen and oxygen atoms in total. The molecule has 2 amide bonds. The van der Waals surface area contributed by atoms with Gasteiger partial charge in [0.15, 0.2) is 6.23 Å². The molecule has 0 spiro atoms. The fourth-order valence-electron chi connectivity index (χ4n) is 6.04. The van der Waals surface area contributed by atoms with Crippen LogP contribution in [0, 0.1) is 0 Å². The third-order valence-electron chi connectivity index (χ3n) is 8.02. The number of aromatic nitrogens is 3. The van der Waals surface area contributed by atoms with Crippen molar-refractivity contribution in [2.24, 2.45) is 0 Å². The van der Waals surface area contributed by atoms with Gasteiger partial charge in [0.1, 0.15) is 11.3 Å². The molecule has 0 saturated carbocycles. The summed E-state index contributed by atoms with van der Waals surface area (Å²) in [4.78, 5) is 35.3. The molecule has 3 N–H and O–H groups in total. The summed E-state index contributed by atoms with van der Waals surface area (Å²) in [5, 5.41) is 7.95. The number of hydrogen-bond donors (Lipinski definition) is 2. The first-order chi connectivity index (χ1) is 18.6. The molecule has 2 unspecified atom stereocenters. The summed E-state index contributed by atoms with van der Waals surface area (Å²) in [7, 11) is 0. The van der Waals surface area contributed by atoms with Gasteiger partial charge in [-0.25, -0.2) is 9.67 Å². The van der Waals surface area contributed by atoms with Gasteiger partial charge in [-0.1, -0.05) is 12.1 Å². The number of anilines is 3. The predicted octanol–water partition coefficient (Wildman–Crippen LogP) is 4.01. The topological polar surface area (TPSA) is 119 Å². The van der Waals surface area contributed by atoms with Crippen LogP contribution in [0.15, 0.2) is 36.7 Å². The highest BCUT2D eigenvalue weighted by atomic mass is 16.5. The van der Waals surface area contributed by atoms with E-state index in [1.165, 1.54) is 24.7 Å². The molecule has 2 atom stereocenters. The molecule has 3 aliphatic heterocycles. The maximum Gasteiger partial charge on any atom is 0.314 e. The number of nitrogens with one attached hydrogen (secondary N) is 1. The van der Waals surface area contributed by atoms with Crippen LogP contribution in [0.5, 0.6) is 0 Å². The number of pyridine rings is 1. The van der Waals surface area contributed by atoms with E-state index in [2.05, 4.69) is 44.6 Å². The van der Waals surface area contributed by atoms with Crippen molar-refractivity contribution >= 4 is 39.9 Å². The van der Waals surface area contributed by atoms with Crippen LogP contribution in [-0.2, 0) is 14.3 Å². The van der Waals surface area contributed by atoms with Crippen LogP contribution >= 0.6 is 0 Å². The van der Waals surface area contributed by atoms with E-state index >= 15 is 0 Å². The number of piperidine rings is 1. The SMILES string of the molecule is Nc1ncc(NC(=O)C(=O)N2CCCCC2c2cccc(N3CCCC3)c2)c2c1cnn2C1CCCCO1. The number of carbonyl (C=O) groups is 2. The van der Waals surface area contributed by atoms with E-state index in [-0.39, 0.29) is 12.3 Å². The van der Waals surface area contributed by atoms with Crippen LogP contribution in [-0.4, -0.2) is 57.7 Å². The normalized spacial score (nSPS) is 22.1. The molecule has 0 bridgehead atoms. The summed E-state index contributed by atoms with van der Waals surface area (Å²) >= 11 is 0. The number of nitrogen functional groups attached to an aromatic ring is 1. The molecule has 10 heteroatoms. The molecule has 0 radical (unpaired) electrons. The molecular formula is C28H35N7O3. The monoisotopic (exact) mass is 517 g/mol. The van der Waals surface area contributed by atoms with Gasteiger partial charge in [0, 0.05) is 31.9 Å². The minimum Gasteiger partial charge on any atom is -0.383 e. The average molecular weight is 518 g/mol. The molecule has 2 aromatic heterocycles. The number of fused-ring (bicyclic) bond motifs is 1. The van der Waals surface area contributed by atoms with E-state index in [4.69, 9.17) is 10.5 Å². The molecule has 3 fully saturated rings. The number of carbonyl (C=O) groups excluding carboxylic acids is 2. The van der Waals surface area contributed by atoms with Crippen molar-refractivity contribution in [2.75, 3.05) is 42.2 Å². The van der Waals surface area contributed by atoms with Crippen LogP contribution in [0.2, 0.25) is 0 Å². The lowest BCUT2D eigenvalue weighted by atomic mass is 9.94. The summed E-state index contributed by atoms with van der Waals surface area (Å²) in [5.74, 6) is -0.899. The molecule has 5 heterocycles. The highest BCUT2D eigenvalue weighted by Gasteiger charge is 2.33. The molecule has 38 heavy (non-hydrogen) atoms. The molecule has 200 valence electrons. The molecule has 3 aliphatic rings. The van der Waals surface area contributed by atoms with Gasteiger partial charge in [-0.2, -0.15) is 5.10 Å². The van der Waals surface area contributed by atoms with Crippen molar-refractivity contribution in [1.82, 2.24) is 19.7 Å². The van der Waals surface area contributed by atoms with Crippen molar-refractivity contribution in [1.29, 1.82) is 0 Å². The first-order valence-corrected chi connectivity index (χ1v) is 13.8. The van der Waals surface area contributed by atoms with Crippen molar-refractivity contribution in [2.45, 2.75) is 63.6 Å². The first-order valence-electron chi connectivity index (χ1n) is 13.8. The minimum atomic E-state index is -0.683. The smallest absolute Gasteiger partial charge is 0.314 e. The summed E-state index contributed by atoms with van der Waals surface area (Å²) in [6.45, 7) is 3.33. The average Bonchev–Trinajstić information content (AvgIpc) is 3.66. The fourth-order valence-corrected chi connectivity index (χ4v) is 6.04. The van der Waals surface area contributed by atoms with Gasteiger partial charge in [0.2, 0.25) is 0 Å². The number of amides is 2. The second-order valence-electron chi connectivity index (χ2n) is 10.5. The molecule has 3 aromatic rings. The van der Waals surface area contributed by atoms with Crippen molar-refractivity contribution in [3.63, 3.8) is 0 Å². The van der Waals surface area contributed by atoms with Crippen LogP contribution in [0.3, 0.4) is 0 Å². The number of benzene rings is 1. The third-order valence-corrected chi connectivity index (χ3v) is 8.02. The Morgan fingerprint density at radius 1 is 1.00 bits per heavy atom. The Bertz CT molecular complexity index is 1330. The Kier molecular flexibility index (Phi) is 6.88. The Labute approximate surface area is 222 Å². The third kappa shape index (κ3) is 4.69. The number of rotatable bonds is 4. The zero-order valence-corrected chi connectivity index (χ0v) is 21.6. The first kappa shape index (κ1) is 24.7. The predicted molar refractivity (Wildman–Crippen MR) is 146 cm³/mol. The number of nitrogens with two attached hydrogens (primary N) is 1. The van der Waals surface area contributed by atoms with E-state index < -0.39 is 11.8 Å². The summed E-state index contributed by atoms with van der Waals surface area (Å²) in [6, 6.07) is 8.33. The maximum absolute atomic E-state index is 13.6. The van der Waals surface area contributed by atoms with Gasteiger partial charge >= 0.3 is 11.8 Å². The lowest BCUT2D eigenvalue weighted by Crippen LogP contribution is -2.44. The molecule has 0 aliphatic carbocycles. The standard InChI is InChI=1S/C28H35N7O3/c29-26-21-17-31-35(24-11-2-6-15-38-24)25(21)22(18-30-26)32-27(36)28(37)34-14-3-1-10-23(34)19-8-7-9-20(16-19)33-12-4-5-13-33/h7-9,16-18,23-24H,1-6,10-15H2,(H2,29,30)(H,32,36). The lowest BCUT2D eigenvalue weighted by Gasteiger charge is -2.36. The second kappa shape index (κ2) is 10.6. The van der Waals surface area contributed by atoms with E-state index in [1.54, 1.807) is 15.8 Å². The zero-order chi connectivity index (χ0) is 26.1. The molecular weight excluding hydrogens is 482 g/mol. The molecule has 3 saturated heterocycles. The van der Waals surface area contributed by atoms with Crippen molar-refractivity contribution in [3.05, 3.63) is 42.2 Å². The largest absolute Gasteiger partial charge is 0.383 e. The van der Waals surface area contributed by atoms with E-state index in [1.807, 2.05) is 0 Å². The van der Waals surface area contributed by atoms with Gasteiger partial charge in [-0.05, 0) is 69.1 Å². The van der Waals surface area contributed by atoms with E-state index in [9.17, 15) is 9.59 Å². The minimum absolute atomic E-state index is 0.129. The number of hydrogen-bond acceptors (Lipinski definition) is 7. The fraction of sp³-hybridized carbons (Fsp3) is 0.500. The van der Waals surface area contributed by atoms with Crippen LogP contribution < -0.4 is 16.0 Å². The molecule has 6 rings (SSSR count). The quantitative estimate of drug-likeness (QED) is 0.502. The maximum atomic E-state index is 13.6. The van der Waals surface area contributed by atoms with E-state index in [0.29, 0.717) is 35.6 Å². The van der Waals surface area contributed by atoms with Gasteiger partial charge < -0.3 is 25.6 Å². The lowest BCUT2D eigenvalue weighted by molar-refractivity contribution is -0.145. The van der Waals surface area contributed by atoms with Gasteiger partial charge in [0.05, 0.1) is 29.5 Å². The number of nitrogens with zero attached hydrogens (tertiary/aromatic N) is 5. The van der Waals surface area contributed by atoms with Gasteiger partial charge in [0.25, 0.3) is 0 Å². The second-order valence-corrected chi connectivity index (χ2v) is 10.5. The number of likely N-dealkylation sites (tertiary alicyclic amines) is 1. The van der Waals surface area contributed by atoms with Gasteiger partial charge in [-0.15, -0.1) is 0 Å². The van der Waals surface area contributed by atoms with Crippen LogP contribution in [0.1, 0.15) is 69.2 Å². The van der Waals surface area contributed by atoms with Crippen LogP contribution in [0.25, 0.3) is 10.9 Å². The summed E-state index contributed by atoms with van der Waals surface area (Å²) in [5.41, 5.74) is 9.42. The zero-order valence-electron chi connectivity index (χ0n) is 21.6. The van der Waals surface area contributed by atoms with Crippen molar-refractivity contribution in [3.8, 4) is 0 Å². The highest BCUT2D eigenvalue weighted by Crippen LogP contribution is 2.35. The Morgan fingerprint density at radius 2 is 1.82 bits per heavy atom. The van der Waals surface area contributed by atoms with Gasteiger partial charge in [-0.3, -0.25) is 9.59 Å². The Balaban J connectivity index is 1.25. The summed E-state index contributed by atoms with van der Waals surface area (Å²) in [6.07, 6.45) is 10.9.